The normalized spacial score (nSPS) is 20.3. The second-order valence-electron chi connectivity index (χ2n) is 8.89. The molecule has 1 fully saturated rings. The van der Waals surface area contributed by atoms with Gasteiger partial charge in [0.1, 0.15) is 12.7 Å². The zero-order valence-electron chi connectivity index (χ0n) is 19.6. The van der Waals surface area contributed by atoms with Crippen LogP contribution in [0, 0.1) is 0 Å². The van der Waals surface area contributed by atoms with E-state index in [1.807, 2.05) is 19.2 Å². The summed E-state index contributed by atoms with van der Waals surface area (Å²) in [5.41, 5.74) is 8.00. The van der Waals surface area contributed by atoms with E-state index in [0.29, 0.717) is 36.2 Å². The maximum absolute atomic E-state index is 10.3. The Bertz CT molecular complexity index is 628. The fourth-order valence-electron chi connectivity index (χ4n) is 3.82. The molecule has 1 aromatic carbocycles. The summed E-state index contributed by atoms with van der Waals surface area (Å²) in [7, 11) is 5.79. The third-order valence-corrected chi connectivity index (χ3v) is 5.72. The summed E-state index contributed by atoms with van der Waals surface area (Å²) in [5.74, 6) is 1.37. The number of hydrogen-bond acceptors (Lipinski definition) is 7. The van der Waals surface area contributed by atoms with E-state index in [-0.39, 0.29) is 6.61 Å². The topological polar surface area (TPSA) is 69.2 Å². The van der Waals surface area contributed by atoms with Crippen LogP contribution in [0.3, 0.4) is 0 Å². The number of ether oxygens (including phenoxy) is 2. The zero-order chi connectivity index (χ0) is 22.1. The van der Waals surface area contributed by atoms with Crippen LogP contribution in [0.2, 0.25) is 0 Å². The van der Waals surface area contributed by atoms with Gasteiger partial charge in [-0.25, -0.2) is 0 Å². The monoisotopic (exact) mass is 422 g/mol. The van der Waals surface area contributed by atoms with Crippen LogP contribution in [-0.4, -0.2) is 80.0 Å². The van der Waals surface area contributed by atoms with Crippen molar-refractivity contribution < 1.29 is 14.6 Å². The predicted molar refractivity (Wildman–Crippen MR) is 122 cm³/mol. The maximum Gasteiger partial charge on any atom is 0.161 e. The Hall–Kier alpha value is -1.38. The number of nitrogens with one attached hydrogen (secondary N) is 2. The minimum atomic E-state index is -0.551. The molecule has 0 aromatic heterocycles. The van der Waals surface area contributed by atoms with Crippen molar-refractivity contribution >= 4 is 0 Å². The van der Waals surface area contributed by atoms with Gasteiger partial charge in [-0.05, 0) is 58.5 Å². The number of likely N-dealkylation sites (N-methyl/N-ethyl adjacent to an activating group) is 2. The summed E-state index contributed by atoms with van der Waals surface area (Å²) in [6.45, 7) is 9.07. The van der Waals surface area contributed by atoms with Gasteiger partial charge in [-0.15, -0.1) is 0 Å². The van der Waals surface area contributed by atoms with E-state index >= 15 is 0 Å². The number of rotatable bonds is 13. The van der Waals surface area contributed by atoms with Crippen LogP contribution in [0.15, 0.2) is 18.2 Å². The second kappa shape index (κ2) is 12.5. The molecular formula is C23H42N4O3. The van der Waals surface area contributed by atoms with Crippen LogP contribution >= 0.6 is 0 Å². The van der Waals surface area contributed by atoms with E-state index in [4.69, 9.17) is 9.47 Å². The largest absolute Gasteiger partial charge is 0.493 e. The van der Waals surface area contributed by atoms with Crippen LogP contribution < -0.4 is 20.3 Å². The van der Waals surface area contributed by atoms with Crippen molar-refractivity contribution in [2.45, 2.75) is 70.8 Å². The highest BCUT2D eigenvalue weighted by molar-refractivity contribution is 5.43. The molecule has 7 heteroatoms. The summed E-state index contributed by atoms with van der Waals surface area (Å²) < 4.78 is 11.4. The van der Waals surface area contributed by atoms with Crippen molar-refractivity contribution in [1.29, 1.82) is 0 Å². The molecule has 0 aliphatic carbocycles. The fourth-order valence-corrected chi connectivity index (χ4v) is 3.82. The SMILES string of the molecule is CCCC1CC(CN(C)Cc2ccc(OC)c(OCC(O)CN(C)C(C)C)c2)NN1. The lowest BCUT2D eigenvalue weighted by atomic mass is 10.1. The first-order chi connectivity index (χ1) is 14.3. The lowest BCUT2D eigenvalue weighted by Crippen LogP contribution is -2.39. The average molecular weight is 423 g/mol. The quantitative estimate of drug-likeness (QED) is 0.450. The Morgan fingerprint density at radius 3 is 2.57 bits per heavy atom. The molecule has 172 valence electrons. The molecule has 1 aliphatic heterocycles. The van der Waals surface area contributed by atoms with E-state index in [1.54, 1.807) is 7.11 Å². The minimum Gasteiger partial charge on any atom is -0.493 e. The standard InChI is InChI=1S/C23H42N4O3/c1-7-8-19-12-20(25-24-19)14-26(4)13-18-9-10-22(29-6)23(11-18)30-16-21(28)15-27(5)17(2)3/h9-11,17,19-21,24-25,28H,7-8,12-16H2,1-6H3. The molecule has 1 saturated heterocycles. The first kappa shape index (κ1) is 24.9. The lowest BCUT2D eigenvalue weighted by molar-refractivity contribution is 0.0668. The van der Waals surface area contributed by atoms with Crippen LogP contribution in [0.5, 0.6) is 11.5 Å². The molecular weight excluding hydrogens is 380 g/mol. The molecule has 0 bridgehead atoms. The van der Waals surface area contributed by atoms with E-state index < -0.39 is 6.10 Å². The maximum atomic E-state index is 10.3. The first-order valence-electron chi connectivity index (χ1n) is 11.2. The molecule has 3 unspecified atom stereocenters. The Labute approximate surface area is 182 Å². The highest BCUT2D eigenvalue weighted by Gasteiger charge is 2.24. The number of benzene rings is 1. The van der Waals surface area contributed by atoms with Crippen molar-refractivity contribution in [3.05, 3.63) is 23.8 Å². The highest BCUT2D eigenvalue weighted by Crippen LogP contribution is 2.29. The molecule has 1 heterocycles. The van der Waals surface area contributed by atoms with E-state index in [2.05, 4.69) is 54.5 Å². The summed E-state index contributed by atoms with van der Waals surface area (Å²) in [5, 5.41) is 10.3. The molecule has 3 N–H and O–H groups in total. The molecule has 3 atom stereocenters. The molecule has 7 nitrogen and oxygen atoms in total. The lowest BCUT2D eigenvalue weighted by Gasteiger charge is -2.24. The smallest absolute Gasteiger partial charge is 0.161 e. The molecule has 1 aromatic rings. The molecule has 2 rings (SSSR count). The number of hydrogen-bond donors (Lipinski definition) is 3. The van der Waals surface area contributed by atoms with Crippen molar-refractivity contribution in [2.24, 2.45) is 0 Å². The Kier molecular flexibility index (Phi) is 10.3. The van der Waals surface area contributed by atoms with Gasteiger partial charge in [-0.2, -0.15) is 0 Å². The van der Waals surface area contributed by atoms with Crippen LogP contribution in [0.4, 0.5) is 0 Å². The molecule has 0 amide bonds. The van der Waals surface area contributed by atoms with Crippen molar-refractivity contribution in [1.82, 2.24) is 20.7 Å². The molecule has 0 saturated carbocycles. The van der Waals surface area contributed by atoms with E-state index in [0.717, 1.165) is 25.1 Å². The van der Waals surface area contributed by atoms with Gasteiger partial charge in [0.05, 0.1) is 7.11 Å². The number of aliphatic hydroxyl groups is 1. The van der Waals surface area contributed by atoms with Crippen LogP contribution in [0.1, 0.15) is 45.6 Å². The van der Waals surface area contributed by atoms with Gasteiger partial charge in [0.25, 0.3) is 0 Å². The Balaban J connectivity index is 1.88. The summed E-state index contributed by atoms with van der Waals surface area (Å²) in [4.78, 5) is 4.43. The van der Waals surface area contributed by atoms with Crippen molar-refractivity contribution in [3.8, 4) is 11.5 Å². The highest BCUT2D eigenvalue weighted by atomic mass is 16.5. The summed E-state index contributed by atoms with van der Waals surface area (Å²) in [6.07, 6.45) is 3.03. The Morgan fingerprint density at radius 1 is 1.17 bits per heavy atom. The average Bonchev–Trinajstić information content (AvgIpc) is 3.13. The molecule has 30 heavy (non-hydrogen) atoms. The minimum absolute atomic E-state index is 0.239. The number of methoxy groups -OCH3 is 1. The van der Waals surface area contributed by atoms with Gasteiger partial charge in [0.2, 0.25) is 0 Å². The zero-order valence-corrected chi connectivity index (χ0v) is 19.6. The number of aliphatic hydroxyl groups excluding tert-OH is 1. The van der Waals surface area contributed by atoms with Crippen LogP contribution in [0.25, 0.3) is 0 Å². The number of hydrazine groups is 1. The second-order valence-corrected chi connectivity index (χ2v) is 8.89. The van der Waals surface area contributed by atoms with Crippen molar-refractivity contribution in [3.63, 3.8) is 0 Å². The molecule has 0 radical (unpaired) electrons. The first-order valence-corrected chi connectivity index (χ1v) is 11.2. The van der Waals surface area contributed by atoms with E-state index in [9.17, 15) is 5.11 Å². The van der Waals surface area contributed by atoms with Gasteiger partial charge in [0, 0.05) is 37.8 Å². The third kappa shape index (κ3) is 8.04. The van der Waals surface area contributed by atoms with Crippen molar-refractivity contribution in [2.75, 3.05) is 40.9 Å². The van der Waals surface area contributed by atoms with Gasteiger partial charge < -0.3 is 24.4 Å². The fraction of sp³-hybridized carbons (Fsp3) is 0.739. The van der Waals surface area contributed by atoms with Gasteiger partial charge in [-0.3, -0.25) is 10.9 Å². The van der Waals surface area contributed by atoms with Gasteiger partial charge in [-0.1, -0.05) is 19.4 Å². The molecule has 1 aliphatic rings. The molecule has 0 spiro atoms. The van der Waals surface area contributed by atoms with E-state index in [1.165, 1.54) is 12.8 Å². The summed E-state index contributed by atoms with van der Waals surface area (Å²) >= 11 is 0. The summed E-state index contributed by atoms with van der Waals surface area (Å²) in [6, 6.07) is 7.47. The van der Waals surface area contributed by atoms with Crippen LogP contribution in [-0.2, 0) is 6.54 Å². The van der Waals surface area contributed by atoms with Gasteiger partial charge >= 0.3 is 0 Å². The Morgan fingerprint density at radius 2 is 1.90 bits per heavy atom. The predicted octanol–water partition coefficient (Wildman–Crippen LogP) is 2.24. The third-order valence-electron chi connectivity index (χ3n) is 5.72. The number of nitrogens with zero attached hydrogens (tertiary/aromatic N) is 2. The van der Waals surface area contributed by atoms with Gasteiger partial charge in [0.15, 0.2) is 11.5 Å².